The standard InChI is InChI=1S/C11H11ClN2O/c1-4-5-14(3)11(15)9-7-13-8(2)6-10(9)12/h1,6-7H,5H2,2-3H3. The molecule has 4 heteroatoms. The molecule has 1 rings (SSSR count). The van der Waals surface area contributed by atoms with E-state index >= 15 is 0 Å². The highest BCUT2D eigenvalue weighted by Gasteiger charge is 2.14. The normalized spacial score (nSPS) is 9.47. The van der Waals surface area contributed by atoms with E-state index in [-0.39, 0.29) is 12.5 Å². The molecular formula is C11H11ClN2O. The maximum Gasteiger partial charge on any atom is 0.257 e. The summed E-state index contributed by atoms with van der Waals surface area (Å²) in [6.45, 7) is 2.06. The molecule has 0 spiro atoms. The Balaban J connectivity index is 2.97. The Hall–Kier alpha value is -1.53. The molecule has 15 heavy (non-hydrogen) atoms. The lowest BCUT2D eigenvalue weighted by atomic mass is 10.2. The van der Waals surface area contributed by atoms with E-state index in [9.17, 15) is 4.79 Å². The van der Waals surface area contributed by atoms with Crippen LogP contribution in [-0.2, 0) is 0 Å². The molecule has 0 unspecified atom stereocenters. The molecule has 0 N–H and O–H groups in total. The molecule has 1 aromatic heterocycles. The molecule has 1 aromatic rings. The molecule has 0 fully saturated rings. The van der Waals surface area contributed by atoms with Gasteiger partial charge in [0.1, 0.15) is 0 Å². The molecule has 0 aliphatic heterocycles. The lowest BCUT2D eigenvalue weighted by Gasteiger charge is -2.14. The van der Waals surface area contributed by atoms with Gasteiger partial charge in [0.2, 0.25) is 0 Å². The first-order valence-electron chi connectivity index (χ1n) is 4.37. The fourth-order valence-corrected chi connectivity index (χ4v) is 1.39. The van der Waals surface area contributed by atoms with E-state index in [1.165, 1.54) is 11.1 Å². The van der Waals surface area contributed by atoms with Crippen molar-refractivity contribution >= 4 is 17.5 Å². The number of halogens is 1. The predicted octanol–water partition coefficient (Wildman–Crippen LogP) is 1.75. The van der Waals surface area contributed by atoms with Gasteiger partial charge in [-0.05, 0) is 13.0 Å². The van der Waals surface area contributed by atoms with Crippen LogP contribution < -0.4 is 0 Å². The molecular weight excluding hydrogens is 212 g/mol. The smallest absolute Gasteiger partial charge is 0.257 e. The van der Waals surface area contributed by atoms with Gasteiger partial charge in [-0.3, -0.25) is 9.78 Å². The maximum atomic E-state index is 11.8. The van der Waals surface area contributed by atoms with Crippen LogP contribution in [0.15, 0.2) is 12.3 Å². The van der Waals surface area contributed by atoms with Gasteiger partial charge in [0.25, 0.3) is 5.91 Å². The molecule has 0 bridgehead atoms. The molecule has 0 radical (unpaired) electrons. The first-order valence-corrected chi connectivity index (χ1v) is 4.75. The number of nitrogens with zero attached hydrogens (tertiary/aromatic N) is 2. The van der Waals surface area contributed by atoms with E-state index in [0.29, 0.717) is 10.6 Å². The lowest BCUT2D eigenvalue weighted by Crippen LogP contribution is -2.27. The van der Waals surface area contributed by atoms with Crippen LogP contribution in [0.5, 0.6) is 0 Å². The van der Waals surface area contributed by atoms with Crippen molar-refractivity contribution in [2.45, 2.75) is 6.92 Å². The lowest BCUT2D eigenvalue weighted by molar-refractivity contribution is 0.0812. The molecule has 0 aromatic carbocycles. The highest BCUT2D eigenvalue weighted by molar-refractivity contribution is 6.33. The average Bonchev–Trinajstić information content (AvgIpc) is 2.17. The number of carbonyl (C=O) groups is 1. The Morgan fingerprint density at radius 1 is 1.73 bits per heavy atom. The molecule has 78 valence electrons. The van der Waals surface area contributed by atoms with Crippen molar-refractivity contribution in [1.29, 1.82) is 0 Å². The van der Waals surface area contributed by atoms with Gasteiger partial charge in [-0.2, -0.15) is 0 Å². The summed E-state index contributed by atoms with van der Waals surface area (Å²) in [4.78, 5) is 17.2. The Bertz CT molecular complexity index is 423. The van der Waals surface area contributed by atoms with Crippen molar-refractivity contribution < 1.29 is 4.79 Å². The van der Waals surface area contributed by atoms with Gasteiger partial charge in [-0.1, -0.05) is 17.5 Å². The highest BCUT2D eigenvalue weighted by Crippen LogP contribution is 2.16. The number of rotatable bonds is 2. The predicted molar refractivity (Wildman–Crippen MR) is 59.8 cm³/mol. The topological polar surface area (TPSA) is 33.2 Å². The summed E-state index contributed by atoms with van der Waals surface area (Å²) in [5.74, 6) is 2.17. The zero-order valence-electron chi connectivity index (χ0n) is 8.62. The minimum Gasteiger partial charge on any atom is -0.330 e. The van der Waals surface area contributed by atoms with Crippen molar-refractivity contribution in [3.8, 4) is 12.3 Å². The number of amides is 1. The third-order valence-corrected chi connectivity index (χ3v) is 2.21. The monoisotopic (exact) mass is 222 g/mol. The average molecular weight is 223 g/mol. The van der Waals surface area contributed by atoms with E-state index < -0.39 is 0 Å². The van der Waals surface area contributed by atoms with Crippen LogP contribution in [0.2, 0.25) is 5.02 Å². The van der Waals surface area contributed by atoms with Crippen molar-refractivity contribution in [3.63, 3.8) is 0 Å². The van der Waals surface area contributed by atoms with Gasteiger partial charge >= 0.3 is 0 Å². The zero-order valence-corrected chi connectivity index (χ0v) is 9.38. The Labute approximate surface area is 94.1 Å². The van der Waals surface area contributed by atoms with Crippen LogP contribution in [-0.4, -0.2) is 29.4 Å². The van der Waals surface area contributed by atoms with Gasteiger partial charge < -0.3 is 4.90 Å². The van der Waals surface area contributed by atoms with Crippen molar-refractivity contribution in [1.82, 2.24) is 9.88 Å². The minimum atomic E-state index is -0.217. The SMILES string of the molecule is C#CCN(C)C(=O)c1cnc(C)cc1Cl. The first kappa shape index (κ1) is 11.5. The Kier molecular flexibility index (Phi) is 3.70. The third-order valence-electron chi connectivity index (χ3n) is 1.90. The highest BCUT2D eigenvalue weighted by atomic mass is 35.5. The molecule has 0 aliphatic rings. The number of carbonyl (C=O) groups excluding carboxylic acids is 1. The van der Waals surface area contributed by atoms with Gasteiger partial charge in [-0.25, -0.2) is 0 Å². The maximum absolute atomic E-state index is 11.8. The van der Waals surface area contributed by atoms with E-state index in [1.54, 1.807) is 13.1 Å². The molecule has 0 saturated heterocycles. The van der Waals surface area contributed by atoms with Crippen LogP contribution in [0.3, 0.4) is 0 Å². The van der Waals surface area contributed by atoms with Crippen molar-refractivity contribution in [2.24, 2.45) is 0 Å². The van der Waals surface area contributed by atoms with Gasteiger partial charge in [0.05, 0.1) is 17.1 Å². The fourth-order valence-electron chi connectivity index (χ4n) is 1.10. The number of hydrogen-bond acceptors (Lipinski definition) is 2. The number of hydrogen-bond donors (Lipinski definition) is 0. The molecule has 1 heterocycles. The fraction of sp³-hybridized carbons (Fsp3) is 0.273. The summed E-state index contributed by atoms with van der Waals surface area (Å²) in [6, 6.07) is 1.65. The van der Waals surface area contributed by atoms with Crippen LogP contribution in [0, 0.1) is 19.3 Å². The molecule has 0 saturated carbocycles. The molecule has 1 amide bonds. The number of terminal acetylenes is 1. The second-order valence-electron chi connectivity index (χ2n) is 3.17. The van der Waals surface area contributed by atoms with Crippen LogP contribution >= 0.6 is 11.6 Å². The van der Waals surface area contributed by atoms with Crippen molar-refractivity contribution in [3.05, 3.63) is 28.5 Å². The summed E-state index contributed by atoms with van der Waals surface area (Å²) >= 11 is 5.93. The molecule has 0 atom stereocenters. The quantitative estimate of drug-likeness (QED) is 0.715. The minimum absolute atomic E-state index is 0.217. The van der Waals surface area contributed by atoms with E-state index in [0.717, 1.165) is 5.69 Å². The van der Waals surface area contributed by atoms with E-state index in [1.807, 2.05) is 6.92 Å². The zero-order chi connectivity index (χ0) is 11.4. The number of aryl methyl sites for hydroxylation is 1. The summed E-state index contributed by atoms with van der Waals surface area (Å²) < 4.78 is 0. The number of aromatic nitrogens is 1. The van der Waals surface area contributed by atoms with Crippen LogP contribution in [0.1, 0.15) is 16.1 Å². The van der Waals surface area contributed by atoms with Crippen molar-refractivity contribution in [2.75, 3.05) is 13.6 Å². The van der Waals surface area contributed by atoms with Gasteiger partial charge in [0, 0.05) is 18.9 Å². The third kappa shape index (κ3) is 2.71. The summed E-state index contributed by atoms with van der Waals surface area (Å²) in [5, 5.41) is 0.399. The van der Waals surface area contributed by atoms with Crippen LogP contribution in [0.4, 0.5) is 0 Å². The Morgan fingerprint density at radius 2 is 2.40 bits per heavy atom. The second kappa shape index (κ2) is 4.81. The summed E-state index contributed by atoms with van der Waals surface area (Å²) in [6.07, 6.45) is 6.58. The molecule has 0 aliphatic carbocycles. The molecule has 3 nitrogen and oxygen atoms in total. The van der Waals surface area contributed by atoms with Crippen LogP contribution in [0.25, 0.3) is 0 Å². The van der Waals surface area contributed by atoms with E-state index in [4.69, 9.17) is 18.0 Å². The van der Waals surface area contributed by atoms with Gasteiger partial charge in [0.15, 0.2) is 0 Å². The summed E-state index contributed by atoms with van der Waals surface area (Å²) in [7, 11) is 1.62. The van der Waals surface area contributed by atoms with E-state index in [2.05, 4.69) is 10.9 Å². The number of pyridine rings is 1. The largest absolute Gasteiger partial charge is 0.330 e. The first-order chi connectivity index (χ1) is 7.06. The second-order valence-corrected chi connectivity index (χ2v) is 3.58. The van der Waals surface area contributed by atoms with Gasteiger partial charge in [-0.15, -0.1) is 6.42 Å². The Morgan fingerprint density at radius 3 is 2.93 bits per heavy atom. The summed E-state index contributed by atoms with van der Waals surface area (Å²) in [5.41, 5.74) is 1.15.